The van der Waals surface area contributed by atoms with E-state index in [0.717, 1.165) is 62.1 Å². The van der Waals surface area contributed by atoms with Gasteiger partial charge in [-0.05, 0) is 61.9 Å². The number of rotatable bonds is 6. The second kappa shape index (κ2) is 13.5. The molecule has 11 heteroatoms. The van der Waals surface area contributed by atoms with Gasteiger partial charge in [-0.15, -0.1) is 0 Å². The molecule has 44 heavy (non-hydrogen) atoms. The molecule has 0 radical (unpaired) electrons. The van der Waals surface area contributed by atoms with Gasteiger partial charge in [0.05, 0.1) is 11.9 Å². The number of benzene rings is 1. The van der Waals surface area contributed by atoms with Crippen LogP contribution in [0.5, 0.6) is 0 Å². The summed E-state index contributed by atoms with van der Waals surface area (Å²) in [5.41, 5.74) is 3.33. The molecule has 1 saturated carbocycles. The minimum absolute atomic E-state index is 0.0387. The molecular formula is C33H39N7O4. The van der Waals surface area contributed by atoms with E-state index in [4.69, 9.17) is 0 Å². The van der Waals surface area contributed by atoms with Crippen LogP contribution in [0.4, 0.5) is 10.5 Å². The number of anilines is 1. The molecule has 230 valence electrons. The van der Waals surface area contributed by atoms with Crippen molar-refractivity contribution in [2.75, 3.05) is 37.6 Å². The maximum absolute atomic E-state index is 13.0. The van der Waals surface area contributed by atoms with E-state index in [1.54, 1.807) is 17.2 Å². The summed E-state index contributed by atoms with van der Waals surface area (Å²) in [6, 6.07) is 9.54. The molecule has 0 bridgehead atoms. The zero-order valence-electron chi connectivity index (χ0n) is 24.9. The SMILES string of the molecule is O=C1CCC(N2Cc3c(C#CCCNC4CCC(NC(=O)N5CCN(c6cccnc6)CC5)CC4)cccc3C2=O)C(=O)N1. The van der Waals surface area contributed by atoms with Crippen molar-refractivity contribution in [2.24, 2.45) is 0 Å². The van der Waals surface area contributed by atoms with Gasteiger partial charge in [0.1, 0.15) is 6.04 Å². The highest BCUT2D eigenvalue weighted by atomic mass is 16.2. The summed E-state index contributed by atoms with van der Waals surface area (Å²) >= 11 is 0. The van der Waals surface area contributed by atoms with Crippen molar-refractivity contribution in [3.05, 3.63) is 59.4 Å². The monoisotopic (exact) mass is 597 g/mol. The highest BCUT2D eigenvalue weighted by molar-refractivity contribution is 6.05. The fourth-order valence-corrected chi connectivity index (χ4v) is 6.62. The molecular weight excluding hydrogens is 558 g/mol. The van der Waals surface area contributed by atoms with E-state index in [0.29, 0.717) is 44.1 Å². The average Bonchev–Trinajstić information content (AvgIpc) is 3.38. The maximum atomic E-state index is 13.0. The lowest BCUT2D eigenvalue weighted by Gasteiger charge is -2.37. The van der Waals surface area contributed by atoms with E-state index in [2.05, 4.69) is 43.7 Å². The summed E-state index contributed by atoms with van der Waals surface area (Å²) in [6.07, 6.45) is 8.83. The number of amides is 5. The van der Waals surface area contributed by atoms with E-state index < -0.39 is 11.9 Å². The van der Waals surface area contributed by atoms with Crippen LogP contribution in [0.15, 0.2) is 42.7 Å². The fraction of sp³-hybridized carbons (Fsp3) is 0.485. The van der Waals surface area contributed by atoms with Gasteiger partial charge < -0.3 is 25.3 Å². The molecule has 1 aromatic heterocycles. The van der Waals surface area contributed by atoms with Crippen LogP contribution in [-0.2, 0) is 16.1 Å². The van der Waals surface area contributed by atoms with E-state index in [1.165, 1.54) is 0 Å². The first-order valence-corrected chi connectivity index (χ1v) is 15.7. The molecule has 1 aliphatic carbocycles. The van der Waals surface area contributed by atoms with Crippen molar-refractivity contribution < 1.29 is 19.2 Å². The van der Waals surface area contributed by atoms with Gasteiger partial charge >= 0.3 is 6.03 Å². The zero-order chi connectivity index (χ0) is 30.5. The van der Waals surface area contributed by atoms with E-state index >= 15 is 0 Å². The van der Waals surface area contributed by atoms with Gasteiger partial charge in [-0.2, -0.15) is 0 Å². The first kappa shape index (κ1) is 29.6. The lowest BCUT2D eigenvalue weighted by molar-refractivity contribution is -0.136. The van der Waals surface area contributed by atoms with Gasteiger partial charge in [0, 0.05) is 81.5 Å². The number of carbonyl (C=O) groups excluding carboxylic acids is 4. The third-order valence-corrected chi connectivity index (χ3v) is 9.12. The Bertz CT molecular complexity index is 1450. The summed E-state index contributed by atoms with van der Waals surface area (Å²) < 4.78 is 0. The molecule has 2 saturated heterocycles. The van der Waals surface area contributed by atoms with Crippen molar-refractivity contribution >= 4 is 29.4 Å². The summed E-state index contributed by atoms with van der Waals surface area (Å²) in [4.78, 5) is 59.7. The summed E-state index contributed by atoms with van der Waals surface area (Å²) in [7, 11) is 0. The number of pyridine rings is 1. The predicted molar refractivity (Wildman–Crippen MR) is 165 cm³/mol. The van der Waals surface area contributed by atoms with Crippen molar-refractivity contribution in [3.63, 3.8) is 0 Å². The van der Waals surface area contributed by atoms with Gasteiger partial charge in [0.25, 0.3) is 5.91 Å². The fourth-order valence-electron chi connectivity index (χ4n) is 6.62. The standard InChI is InChI=1S/C33H39N7O4/c41-30-14-13-29(31(42)37-30)40-22-28-23(6-3-8-27(28)32(40)43)5-1-2-16-35-24-9-11-25(12-10-24)36-33(44)39-19-17-38(18-20-39)26-7-4-15-34-21-26/h3-4,6-8,15,21,24-25,29,35H,2,9-14,16-20,22H2,(H,36,44)(H,37,41,42). The number of piperazine rings is 1. The number of fused-ring (bicyclic) bond motifs is 1. The number of imide groups is 1. The molecule has 5 amide bonds. The molecule has 4 heterocycles. The Morgan fingerprint density at radius 2 is 1.77 bits per heavy atom. The van der Waals surface area contributed by atoms with Crippen LogP contribution in [-0.4, -0.2) is 89.4 Å². The minimum Gasteiger partial charge on any atom is -0.367 e. The number of hydrogen-bond donors (Lipinski definition) is 3. The molecule has 3 N–H and O–H groups in total. The molecule has 1 aromatic carbocycles. The quantitative estimate of drug-likeness (QED) is 0.264. The van der Waals surface area contributed by atoms with Crippen LogP contribution in [0.25, 0.3) is 0 Å². The second-order valence-corrected chi connectivity index (χ2v) is 11.9. The van der Waals surface area contributed by atoms with Crippen molar-refractivity contribution in [1.82, 2.24) is 30.7 Å². The van der Waals surface area contributed by atoms with Crippen LogP contribution in [0.3, 0.4) is 0 Å². The van der Waals surface area contributed by atoms with Crippen LogP contribution >= 0.6 is 0 Å². The van der Waals surface area contributed by atoms with E-state index in [-0.39, 0.29) is 30.3 Å². The van der Waals surface area contributed by atoms with E-state index in [9.17, 15) is 19.2 Å². The normalized spacial score (nSPS) is 23.5. The van der Waals surface area contributed by atoms with Gasteiger partial charge in [-0.25, -0.2) is 4.79 Å². The second-order valence-electron chi connectivity index (χ2n) is 11.9. The number of hydrogen-bond acceptors (Lipinski definition) is 7. The van der Waals surface area contributed by atoms with Gasteiger partial charge in [0.2, 0.25) is 11.8 Å². The van der Waals surface area contributed by atoms with Gasteiger partial charge in [-0.3, -0.25) is 24.7 Å². The molecule has 1 atom stereocenters. The van der Waals surface area contributed by atoms with Gasteiger partial charge in [-0.1, -0.05) is 17.9 Å². The highest BCUT2D eigenvalue weighted by Gasteiger charge is 2.39. The molecule has 3 fully saturated rings. The number of urea groups is 1. The highest BCUT2D eigenvalue weighted by Crippen LogP contribution is 2.29. The minimum atomic E-state index is -0.630. The first-order chi connectivity index (χ1) is 21.5. The largest absolute Gasteiger partial charge is 0.367 e. The Kier molecular flexibility index (Phi) is 9.07. The third kappa shape index (κ3) is 6.70. The maximum Gasteiger partial charge on any atom is 0.317 e. The summed E-state index contributed by atoms with van der Waals surface area (Å²) in [5.74, 6) is 5.59. The topological polar surface area (TPSA) is 127 Å². The number of aromatic nitrogens is 1. The lowest BCUT2D eigenvalue weighted by atomic mass is 9.91. The smallest absolute Gasteiger partial charge is 0.317 e. The number of nitrogens with zero attached hydrogens (tertiary/aromatic N) is 4. The molecule has 0 spiro atoms. The average molecular weight is 598 g/mol. The Morgan fingerprint density at radius 3 is 2.52 bits per heavy atom. The van der Waals surface area contributed by atoms with Crippen molar-refractivity contribution in [2.45, 2.75) is 69.6 Å². The van der Waals surface area contributed by atoms with Crippen molar-refractivity contribution in [1.29, 1.82) is 0 Å². The number of piperidine rings is 1. The molecule has 1 unspecified atom stereocenters. The number of carbonyl (C=O) groups is 4. The Balaban J connectivity index is 0.907. The van der Waals surface area contributed by atoms with Crippen LogP contribution in [0.2, 0.25) is 0 Å². The summed E-state index contributed by atoms with van der Waals surface area (Å²) in [5, 5.41) is 9.21. The van der Waals surface area contributed by atoms with Gasteiger partial charge in [0.15, 0.2) is 0 Å². The molecule has 11 nitrogen and oxygen atoms in total. The van der Waals surface area contributed by atoms with Crippen LogP contribution < -0.4 is 20.9 Å². The molecule has 3 aliphatic heterocycles. The third-order valence-electron chi connectivity index (χ3n) is 9.12. The predicted octanol–water partition coefficient (Wildman–Crippen LogP) is 2.02. The molecule has 6 rings (SSSR count). The van der Waals surface area contributed by atoms with E-state index in [1.807, 2.05) is 29.3 Å². The van der Waals surface area contributed by atoms with Crippen LogP contribution in [0, 0.1) is 11.8 Å². The number of nitrogens with one attached hydrogen (secondary N) is 3. The molecule has 2 aromatic rings. The molecule has 4 aliphatic rings. The Labute approximate surface area is 257 Å². The first-order valence-electron chi connectivity index (χ1n) is 15.7. The lowest BCUT2D eigenvalue weighted by Crippen LogP contribution is -2.54. The zero-order valence-corrected chi connectivity index (χ0v) is 24.9. The van der Waals surface area contributed by atoms with Crippen LogP contribution in [0.1, 0.15) is 66.4 Å². The summed E-state index contributed by atoms with van der Waals surface area (Å²) in [6.45, 7) is 4.13. The Morgan fingerprint density at radius 1 is 0.977 bits per heavy atom. The van der Waals surface area contributed by atoms with Crippen molar-refractivity contribution in [3.8, 4) is 11.8 Å². The Hall–Kier alpha value is -4.43.